The molecular weight excluding hydrogens is 282 g/mol. The van der Waals surface area contributed by atoms with E-state index in [1.807, 2.05) is 12.1 Å². The molecule has 1 N–H and O–H groups in total. The van der Waals surface area contributed by atoms with Crippen molar-refractivity contribution in [2.45, 2.75) is 37.5 Å². The monoisotopic (exact) mass is 301 g/mol. The van der Waals surface area contributed by atoms with Crippen molar-refractivity contribution < 1.29 is 9.53 Å². The molecule has 4 aliphatic carbocycles. The number of benzene rings is 1. The van der Waals surface area contributed by atoms with E-state index in [1.165, 1.54) is 37.7 Å². The average molecular weight is 301 g/mol. The summed E-state index contributed by atoms with van der Waals surface area (Å²) < 4.78 is 4.71. The number of rotatable bonds is 2. The van der Waals surface area contributed by atoms with Gasteiger partial charge in [0.15, 0.2) is 0 Å². The summed E-state index contributed by atoms with van der Waals surface area (Å²) in [5.74, 6) is 2.71. The van der Waals surface area contributed by atoms with Crippen molar-refractivity contribution >= 4 is 23.8 Å². The molecule has 0 aromatic heterocycles. The Hall–Kier alpha value is -1.29. The van der Waals surface area contributed by atoms with Crippen LogP contribution in [0.5, 0.6) is 0 Å². The van der Waals surface area contributed by atoms with Gasteiger partial charge in [-0.25, -0.2) is 4.79 Å². The molecule has 4 saturated carbocycles. The molecule has 4 bridgehead atoms. The van der Waals surface area contributed by atoms with Crippen molar-refractivity contribution in [3.63, 3.8) is 0 Å². The van der Waals surface area contributed by atoms with Crippen molar-refractivity contribution in [1.82, 2.24) is 0 Å². The fraction of sp³-hybridized carbons (Fsp3) is 0.529. The molecule has 110 valence electrons. The summed E-state index contributed by atoms with van der Waals surface area (Å²) in [5, 5.41) is 6.98. The van der Waals surface area contributed by atoms with E-state index in [4.69, 9.17) is 10.1 Å². The van der Waals surface area contributed by atoms with Gasteiger partial charge in [-0.2, -0.15) is 0 Å². The molecule has 4 fully saturated rings. The van der Waals surface area contributed by atoms with Gasteiger partial charge in [-0.1, -0.05) is 24.8 Å². The van der Waals surface area contributed by atoms with Gasteiger partial charge in [0.05, 0.1) is 0 Å². The highest BCUT2D eigenvalue weighted by molar-refractivity contribution is 7.96. The van der Waals surface area contributed by atoms with E-state index in [9.17, 15) is 4.79 Å². The summed E-state index contributed by atoms with van der Waals surface area (Å²) in [7, 11) is 0. The quantitative estimate of drug-likeness (QED) is 0.373. The predicted octanol–water partition coefficient (Wildman–Crippen LogP) is 4.16. The molecule has 0 aliphatic heterocycles. The van der Waals surface area contributed by atoms with Crippen LogP contribution in [0.1, 0.15) is 43.2 Å². The van der Waals surface area contributed by atoms with Crippen molar-refractivity contribution in [2.24, 2.45) is 17.8 Å². The molecule has 1 aromatic carbocycles. The van der Waals surface area contributed by atoms with E-state index in [1.54, 1.807) is 0 Å². The van der Waals surface area contributed by atoms with Crippen LogP contribution in [0.15, 0.2) is 24.3 Å². The zero-order valence-corrected chi connectivity index (χ0v) is 12.7. The molecule has 5 rings (SSSR count). The smallest absolute Gasteiger partial charge is 0.370 e. The molecule has 21 heavy (non-hydrogen) atoms. The van der Waals surface area contributed by atoms with Gasteiger partial charge in [-0.3, -0.25) is 5.41 Å². The molecule has 4 heteroatoms. The van der Waals surface area contributed by atoms with Crippen molar-refractivity contribution in [3.05, 3.63) is 35.4 Å². The Kier molecular flexibility index (Phi) is 2.93. The third-order valence-corrected chi connectivity index (χ3v) is 5.96. The Balaban J connectivity index is 1.57. The van der Waals surface area contributed by atoms with Crippen LogP contribution < -0.4 is 0 Å². The molecule has 3 nitrogen and oxygen atoms in total. The second-order valence-electron chi connectivity index (χ2n) is 7.02. The van der Waals surface area contributed by atoms with Crippen LogP contribution in [0.25, 0.3) is 0 Å². The lowest BCUT2D eigenvalue weighted by Crippen LogP contribution is -2.31. The van der Waals surface area contributed by atoms with Gasteiger partial charge in [0.1, 0.15) is 0 Å². The molecule has 0 heterocycles. The van der Waals surface area contributed by atoms with Gasteiger partial charge in [-0.15, -0.1) is 0 Å². The Morgan fingerprint density at radius 1 is 1.14 bits per heavy atom. The summed E-state index contributed by atoms with van der Waals surface area (Å²) in [5.41, 5.74) is 2.43. The Morgan fingerprint density at radius 2 is 1.76 bits per heavy atom. The fourth-order valence-corrected chi connectivity index (χ4v) is 5.38. The topological polar surface area (TPSA) is 50.1 Å². The molecular formula is C17H19NO2S. The van der Waals surface area contributed by atoms with E-state index in [0.29, 0.717) is 11.0 Å². The molecule has 0 radical (unpaired) electrons. The molecule has 1 aromatic rings. The lowest BCUT2D eigenvalue weighted by molar-refractivity contribution is 0.224. The van der Waals surface area contributed by atoms with Crippen molar-refractivity contribution in [1.29, 1.82) is 5.41 Å². The number of ether oxygens (including phenoxy) is 1. The zero-order valence-electron chi connectivity index (χ0n) is 11.8. The highest BCUT2D eigenvalue weighted by Crippen LogP contribution is 2.64. The van der Waals surface area contributed by atoms with Gasteiger partial charge in [0, 0.05) is 5.56 Å². The predicted molar refractivity (Wildman–Crippen MR) is 84.0 cm³/mol. The van der Waals surface area contributed by atoms with E-state index in [-0.39, 0.29) is 5.90 Å². The fourth-order valence-electron chi connectivity index (χ4n) is 5.29. The van der Waals surface area contributed by atoms with Crippen LogP contribution in [0.2, 0.25) is 0 Å². The number of thiol groups is 1. The van der Waals surface area contributed by atoms with Crippen molar-refractivity contribution in [2.75, 3.05) is 0 Å². The summed E-state index contributed by atoms with van der Waals surface area (Å²) >= 11 is 3.54. The minimum Gasteiger partial charge on any atom is -0.399 e. The standard InChI is InChI=1S/C17H19NO2S/c18-15(20-16(19)21)11-1-3-14(4-2-11)17-7-10-5-12(8-17)13(6-10)9-17/h1-4,10,12-13,18H,5-9H2,(H,19,21). The molecule has 0 saturated heterocycles. The minimum atomic E-state index is -0.742. The van der Waals surface area contributed by atoms with Crippen LogP contribution in [0.4, 0.5) is 4.79 Å². The van der Waals surface area contributed by atoms with E-state index < -0.39 is 5.30 Å². The van der Waals surface area contributed by atoms with E-state index in [0.717, 1.165) is 17.8 Å². The lowest BCUT2D eigenvalue weighted by atomic mass is 9.66. The third kappa shape index (κ3) is 2.11. The van der Waals surface area contributed by atoms with Crippen LogP contribution in [0.3, 0.4) is 0 Å². The second kappa shape index (κ2) is 4.60. The molecule has 2 unspecified atom stereocenters. The average Bonchev–Trinajstić information content (AvgIpc) is 2.86. The molecule has 4 aliphatic rings. The van der Waals surface area contributed by atoms with Crippen LogP contribution >= 0.6 is 12.6 Å². The van der Waals surface area contributed by atoms with Crippen molar-refractivity contribution in [3.8, 4) is 0 Å². The Morgan fingerprint density at radius 3 is 2.29 bits per heavy atom. The number of hydrogen-bond acceptors (Lipinski definition) is 3. The summed E-state index contributed by atoms with van der Waals surface area (Å²) in [4.78, 5) is 10.8. The third-order valence-electron chi connectivity index (χ3n) is 5.87. The second-order valence-corrected chi connectivity index (χ2v) is 7.39. The summed E-state index contributed by atoms with van der Waals surface area (Å²) in [6.45, 7) is 0. The summed E-state index contributed by atoms with van der Waals surface area (Å²) in [6.07, 6.45) is 6.93. The SMILES string of the molecule is N=C(OC(=O)S)c1ccc(C23CC4CC(C2)C(C4)C3)cc1. The molecule has 0 spiro atoms. The van der Waals surface area contributed by atoms with Gasteiger partial charge in [-0.05, 0) is 73.0 Å². The van der Waals surface area contributed by atoms with Gasteiger partial charge in [0.25, 0.3) is 0 Å². The number of carbonyl (C=O) groups excluding carboxylic acids is 1. The van der Waals surface area contributed by atoms with E-state index >= 15 is 0 Å². The van der Waals surface area contributed by atoms with Crippen LogP contribution in [-0.4, -0.2) is 11.2 Å². The van der Waals surface area contributed by atoms with Gasteiger partial charge >= 0.3 is 5.30 Å². The highest BCUT2D eigenvalue weighted by Gasteiger charge is 2.56. The molecule has 0 amide bonds. The van der Waals surface area contributed by atoms with Gasteiger partial charge in [0.2, 0.25) is 5.90 Å². The normalized spacial score (nSPS) is 36.0. The number of carbonyl (C=O) groups is 1. The lowest BCUT2D eigenvalue weighted by Gasteiger charge is -2.39. The first kappa shape index (κ1) is 13.4. The van der Waals surface area contributed by atoms with Crippen LogP contribution in [-0.2, 0) is 10.2 Å². The Bertz CT molecular complexity index is 590. The number of hydrogen-bond donors (Lipinski definition) is 2. The zero-order chi connectivity index (χ0) is 14.6. The minimum absolute atomic E-state index is 0.130. The highest BCUT2D eigenvalue weighted by atomic mass is 32.1. The maximum absolute atomic E-state index is 10.8. The Labute approximate surface area is 130 Å². The summed E-state index contributed by atoms with van der Waals surface area (Å²) in [6, 6.07) is 8.06. The largest absolute Gasteiger partial charge is 0.399 e. The number of nitrogens with one attached hydrogen (secondary N) is 1. The maximum atomic E-state index is 10.8. The van der Waals surface area contributed by atoms with Crippen LogP contribution in [0, 0.1) is 23.2 Å². The first-order valence-corrected chi connectivity index (χ1v) is 8.11. The first-order valence-electron chi connectivity index (χ1n) is 7.66. The molecule has 2 atom stereocenters. The first-order chi connectivity index (χ1) is 10.1. The van der Waals surface area contributed by atoms with E-state index in [2.05, 4.69) is 24.8 Å². The maximum Gasteiger partial charge on any atom is 0.370 e. The van der Waals surface area contributed by atoms with Gasteiger partial charge < -0.3 is 4.74 Å².